The van der Waals surface area contributed by atoms with Crippen LogP contribution in [-0.4, -0.2) is 23.5 Å². The summed E-state index contributed by atoms with van der Waals surface area (Å²) in [6, 6.07) is 16.5. The first-order valence-electron chi connectivity index (χ1n) is 8.62. The van der Waals surface area contributed by atoms with E-state index in [1.54, 1.807) is 48.6 Å². The SMILES string of the molecule is Cc1c(Cl)cccc1NC(=O)C(=O)NCC(O)c1ccc(-c2cccs2)cc1. The van der Waals surface area contributed by atoms with Gasteiger partial charge in [-0.1, -0.05) is 48.0 Å². The number of rotatable bonds is 5. The van der Waals surface area contributed by atoms with Crippen LogP contribution in [0.25, 0.3) is 10.4 Å². The highest BCUT2D eigenvalue weighted by molar-refractivity contribution is 7.13. The van der Waals surface area contributed by atoms with Crippen molar-refractivity contribution in [3.8, 4) is 10.4 Å². The number of thiophene rings is 1. The summed E-state index contributed by atoms with van der Waals surface area (Å²) in [5, 5.41) is 17.8. The minimum atomic E-state index is -0.915. The van der Waals surface area contributed by atoms with Gasteiger partial charge in [-0.25, -0.2) is 0 Å². The molecule has 2 amide bonds. The summed E-state index contributed by atoms with van der Waals surface area (Å²) in [7, 11) is 0. The Balaban J connectivity index is 1.55. The predicted octanol–water partition coefficient (Wildman–Crippen LogP) is 4.17. The second kappa shape index (κ2) is 9.01. The molecule has 3 N–H and O–H groups in total. The summed E-state index contributed by atoms with van der Waals surface area (Å²) in [6.45, 7) is 1.68. The Labute approximate surface area is 172 Å². The highest BCUT2D eigenvalue weighted by atomic mass is 35.5. The fourth-order valence-electron chi connectivity index (χ4n) is 2.62. The van der Waals surface area contributed by atoms with Crippen LogP contribution in [0.5, 0.6) is 0 Å². The van der Waals surface area contributed by atoms with Crippen LogP contribution in [0.1, 0.15) is 17.2 Å². The molecule has 0 saturated heterocycles. The van der Waals surface area contributed by atoms with Crippen LogP contribution in [0.2, 0.25) is 5.02 Å². The van der Waals surface area contributed by atoms with Gasteiger partial charge < -0.3 is 15.7 Å². The van der Waals surface area contributed by atoms with Crippen molar-refractivity contribution in [2.45, 2.75) is 13.0 Å². The molecular weight excluding hydrogens is 396 g/mol. The number of hydrogen-bond acceptors (Lipinski definition) is 4. The molecule has 1 unspecified atom stereocenters. The number of halogens is 1. The van der Waals surface area contributed by atoms with Gasteiger partial charge in [0.15, 0.2) is 0 Å². The van der Waals surface area contributed by atoms with Crippen LogP contribution >= 0.6 is 22.9 Å². The largest absolute Gasteiger partial charge is 0.387 e. The zero-order valence-corrected chi connectivity index (χ0v) is 16.7. The number of anilines is 1. The number of carbonyl (C=O) groups excluding carboxylic acids is 2. The van der Waals surface area contributed by atoms with Crippen molar-refractivity contribution in [1.29, 1.82) is 0 Å². The highest BCUT2D eigenvalue weighted by Gasteiger charge is 2.17. The van der Waals surface area contributed by atoms with Gasteiger partial charge in [0, 0.05) is 22.1 Å². The van der Waals surface area contributed by atoms with Crippen LogP contribution in [0, 0.1) is 6.92 Å². The van der Waals surface area contributed by atoms with Crippen LogP contribution < -0.4 is 10.6 Å². The van der Waals surface area contributed by atoms with E-state index in [9.17, 15) is 14.7 Å². The Morgan fingerprint density at radius 3 is 2.50 bits per heavy atom. The van der Waals surface area contributed by atoms with Crippen molar-refractivity contribution in [1.82, 2.24) is 5.32 Å². The average Bonchev–Trinajstić information content (AvgIpc) is 3.24. The molecule has 0 aliphatic rings. The van der Waals surface area contributed by atoms with Crippen LogP contribution in [0.4, 0.5) is 5.69 Å². The normalized spacial score (nSPS) is 11.7. The van der Waals surface area contributed by atoms with Gasteiger partial charge in [-0.15, -0.1) is 11.3 Å². The highest BCUT2D eigenvalue weighted by Crippen LogP contribution is 2.26. The summed E-state index contributed by atoms with van der Waals surface area (Å²) in [6.07, 6.45) is -0.915. The number of hydrogen-bond donors (Lipinski definition) is 3. The lowest BCUT2D eigenvalue weighted by Gasteiger charge is -2.13. The molecule has 1 aromatic heterocycles. The molecular formula is C21H19ClN2O3S. The Kier molecular flexibility index (Phi) is 6.46. The van der Waals surface area contributed by atoms with Gasteiger partial charge in [0.2, 0.25) is 0 Å². The first-order valence-corrected chi connectivity index (χ1v) is 9.87. The van der Waals surface area contributed by atoms with E-state index < -0.39 is 17.9 Å². The van der Waals surface area contributed by atoms with E-state index in [4.69, 9.17) is 11.6 Å². The minimum Gasteiger partial charge on any atom is -0.387 e. The van der Waals surface area contributed by atoms with Crippen LogP contribution in [-0.2, 0) is 9.59 Å². The number of amides is 2. The van der Waals surface area contributed by atoms with Crippen molar-refractivity contribution in [2.24, 2.45) is 0 Å². The van der Waals surface area contributed by atoms with Crippen molar-refractivity contribution in [3.63, 3.8) is 0 Å². The molecule has 0 spiro atoms. The van der Waals surface area contributed by atoms with Gasteiger partial charge in [-0.2, -0.15) is 0 Å². The third-order valence-electron chi connectivity index (χ3n) is 4.28. The monoisotopic (exact) mass is 414 g/mol. The Hall–Kier alpha value is -2.67. The number of carbonyl (C=O) groups is 2. The van der Waals surface area contributed by atoms with Gasteiger partial charge >= 0.3 is 11.8 Å². The average molecular weight is 415 g/mol. The molecule has 0 saturated carbocycles. The van der Waals surface area contributed by atoms with E-state index in [1.807, 2.05) is 29.6 Å². The summed E-state index contributed by atoms with van der Waals surface area (Å²) in [4.78, 5) is 25.2. The molecule has 144 valence electrons. The lowest BCUT2D eigenvalue weighted by molar-refractivity contribution is -0.136. The van der Waals surface area contributed by atoms with Crippen LogP contribution in [0.15, 0.2) is 60.0 Å². The van der Waals surface area contributed by atoms with Crippen molar-refractivity contribution in [3.05, 3.63) is 76.1 Å². The minimum absolute atomic E-state index is 0.0703. The summed E-state index contributed by atoms with van der Waals surface area (Å²) in [5.74, 6) is -1.64. The van der Waals surface area contributed by atoms with E-state index in [0.29, 0.717) is 21.8 Å². The number of benzene rings is 2. The maximum Gasteiger partial charge on any atom is 0.313 e. The van der Waals surface area contributed by atoms with Crippen LogP contribution in [0.3, 0.4) is 0 Å². The smallest absolute Gasteiger partial charge is 0.313 e. The van der Waals surface area contributed by atoms with Gasteiger partial charge in [-0.3, -0.25) is 9.59 Å². The molecule has 0 bridgehead atoms. The van der Waals surface area contributed by atoms with E-state index in [2.05, 4.69) is 10.6 Å². The fourth-order valence-corrected chi connectivity index (χ4v) is 3.53. The summed E-state index contributed by atoms with van der Waals surface area (Å²) >= 11 is 7.64. The molecule has 1 heterocycles. The maximum atomic E-state index is 12.1. The molecule has 5 nitrogen and oxygen atoms in total. The molecule has 3 aromatic rings. The molecule has 0 radical (unpaired) electrons. The lowest BCUT2D eigenvalue weighted by atomic mass is 10.1. The summed E-state index contributed by atoms with van der Waals surface area (Å²) < 4.78 is 0. The van der Waals surface area contributed by atoms with E-state index in [0.717, 1.165) is 10.4 Å². The molecule has 7 heteroatoms. The van der Waals surface area contributed by atoms with Crippen molar-refractivity contribution < 1.29 is 14.7 Å². The van der Waals surface area contributed by atoms with Gasteiger partial charge in [0.05, 0.1) is 6.10 Å². The van der Waals surface area contributed by atoms with E-state index in [-0.39, 0.29) is 6.54 Å². The summed E-state index contributed by atoms with van der Waals surface area (Å²) in [5.41, 5.74) is 2.87. The van der Waals surface area contributed by atoms with E-state index in [1.165, 1.54) is 0 Å². The molecule has 28 heavy (non-hydrogen) atoms. The first-order chi connectivity index (χ1) is 13.5. The Morgan fingerprint density at radius 1 is 1.07 bits per heavy atom. The number of nitrogens with one attached hydrogen (secondary N) is 2. The standard InChI is InChI=1S/C21H19ClN2O3S/c1-13-16(22)4-2-5-17(13)24-21(27)20(26)23-12-18(25)14-7-9-15(10-8-14)19-6-3-11-28-19/h2-11,18,25H,12H2,1H3,(H,23,26)(H,24,27). The topological polar surface area (TPSA) is 78.4 Å². The quantitative estimate of drug-likeness (QED) is 0.548. The Bertz CT molecular complexity index is 972. The van der Waals surface area contributed by atoms with Gasteiger partial charge in [0.25, 0.3) is 0 Å². The van der Waals surface area contributed by atoms with Crippen molar-refractivity contribution in [2.75, 3.05) is 11.9 Å². The first kappa shape index (κ1) is 20.1. The van der Waals surface area contributed by atoms with Gasteiger partial charge in [0.1, 0.15) is 0 Å². The predicted molar refractivity (Wildman–Crippen MR) is 113 cm³/mol. The third-order valence-corrected chi connectivity index (χ3v) is 5.61. The second-order valence-corrected chi connectivity index (χ2v) is 7.55. The lowest BCUT2D eigenvalue weighted by Crippen LogP contribution is -2.37. The zero-order valence-electron chi connectivity index (χ0n) is 15.1. The maximum absolute atomic E-state index is 12.1. The Morgan fingerprint density at radius 2 is 1.82 bits per heavy atom. The number of aliphatic hydroxyl groups is 1. The van der Waals surface area contributed by atoms with Gasteiger partial charge in [-0.05, 0) is 47.2 Å². The molecule has 0 aliphatic carbocycles. The number of aliphatic hydroxyl groups excluding tert-OH is 1. The second-order valence-electron chi connectivity index (χ2n) is 6.19. The molecule has 3 rings (SSSR count). The van der Waals surface area contributed by atoms with Crippen molar-refractivity contribution >= 4 is 40.4 Å². The zero-order chi connectivity index (χ0) is 20.1. The fraction of sp³-hybridized carbons (Fsp3) is 0.143. The molecule has 0 fully saturated rings. The third kappa shape index (κ3) is 4.78. The van der Waals surface area contributed by atoms with E-state index >= 15 is 0 Å². The molecule has 1 atom stereocenters. The molecule has 2 aromatic carbocycles. The molecule has 0 aliphatic heterocycles.